The molecule has 0 aliphatic rings. The van der Waals surface area contributed by atoms with Gasteiger partial charge in [-0.2, -0.15) is 0 Å². The molecule has 0 saturated heterocycles. The van der Waals surface area contributed by atoms with Crippen molar-refractivity contribution in [1.29, 1.82) is 0 Å². The van der Waals surface area contributed by atoms with Gasteiger partial charge < -0.3 is 4.74 Å². The van der Waals surface area contributed by atoms with Crippen molar-refractivity contribution in [2.45, 2.75) is 58.8 Å². The van der Waals surface area contributed by atoms with E-state index in [1.807, 2.05) is 13.0 Å². The van der Waals surface area contributed by atoms with Crippen LogP contribution < -0.4 is 0 Å². The van der Waals surface area contributed by atoms with Crippen LogP contribution in [0.3, 0.4) is 0 Å². The summed E-state index contributed by atoms with van der Waals surface area (Å²) in [5.41, 5.74) is 0. The van der Waals surface area contributed by atoms with Crippen molar-refractivity contribution >= 4 is 5.97 Å². The minimum Gasteiger partial charge on any atom is -0.466 e. The molecule has 0 bridgehead atoms. The van der Waals surface area contributed by atoms with Gasteiger partial charge in [-0.1, -0.05) is 44.1 Å². The van der Waals surface area contributed by atoms with Gasteiger partial charge in [0.1, 0.15) is 0 Å². The number of unbranched alkanes of at least 4 members (excludes halogenated alkanes) is 3. The lowest BCUT2D eigenvalue weighted by atomic mass is 10.2. The maximum Gasteiger partial charge on any atom is 0.306 e. The zero-order valence-electron chi connectivity index (χ0n) is 11.3. The zero-order valence-corrected chi connectivity index (χ0v) is 11.3. The first kappa shape index (κ1) is 16.0. The highest BCUT2D eigenvalue weighted by Crippen LogP contribution is 2.01. The number of ether oxygens (including phenoxy) is 1. The molecular formula is C15H26O2. The molecule has 0 aliphatic carbocycles. The van der Waals surface area contributed by atoms with Gasteiger partial charge in [0.05, 0.1) is 6.61 Å². The number of rotatable bonds is 10. The smallest absolute Gasteiger partial charge is 0.306 e. The Kier molecular flexibility index (Phi) is 12.2. The van der Waals surface area contributed by atoms with Crippen LogP contribution >= 0.6 is 0 Å². The topological polar surface area (TPSA) is 26.3 Å². The Bertz CT molecular complexity index is 229. The lowest BCUT2D eigenvalue weighted by molar-refractivity contribution is -0.142. The minimum atomic E-state index is -0.104. The highest BCUT2D eigenvalue weighted by Gasteiger charge is 1.97. The molecule has 0 amide bonds. The average Bonchev–Trinajstić information content (AvgIpc) is 2.32. The number of allylic oxidation sites excluding steroid dienone is 4. The molecule has 2 heteroatoms. The summed E-state index contributed by atoms with van der Waals surface area (Å²) >= 11 is 0. The fourth-order valence-corrected chi connectivity index (χ4v) is 1.45. The standard InChI is InChI=1S/C15H26O2/c1-3-5-6-7-8-9-10-11-12-13-14-15(16)17-4-2/h8-9,11-12H,3-7,10,13-14H2,1-2H3/b9-8-,12-11+. The van der Waals surface area contributed by atoms with Gasteiger partial charge in [-0.3, -0.25) is 4.79 Å². The zero-order chi connectivity index (χ0) is 12.8. The summed E-state index contributed by atoms with van der Waals surface area (Å²) in [6.45, 7) is 4.52. The van der Waals surface area contributed by atoms with E-state index >= 15 is 0 Å². The van der Waals surface area contributed by atoms with Crippen LogP contribution in [0.4, 0.5) is 0 Å². The average molecular weight is 238 g/mol. The fourth-order valence-electron chi connectivity index (χ4n) is 1.45. The Morgan fingerprint density at radius 2 is 1.71 bits per heavy atom. The lowest BCUT2D eigenvalue weighted by Crippen LogP contribution is -2.02. The minimum absolute atomic E-state index is 0.104. The summed E-state index contributed by atoms with van der Waals surface area (Å²) in [5, 5.41) is 0. The normalized spacial score (nSPS) is 11.4. The molecule has 2 nitrogen and oxygen atoms in total. The molecule has 0 aliphatic heterocycles. The predicted octanol–water partition coefficient (Wildman–Crippen LogP) is 4.41. The van der Waals surface area contributed by atoms with Gasteiger partial charge in [0.15, 0.2) is 0 Å². The number of hydrogen-bond acceptors (Lipinski definition) is 2. The molecule has 0 atom stereocenters. The third kappa shape index (κ3) is 12.9. The molecule has 0 spiro atoms. The number of carbonyl (C=O) groups is 1. The molecule has 0 rings (SSSR count). The molecule has 0 aromatic heterocycles. The van der Waals surface area contributed by atoms with Crippen molar-refractivity contribution in [3.63, 3.8) is 0 Å². The van der Waals surface area contributed by atoms with Gasteiger partial charge in [-0.15, -0.1) is 0 Å². The molecule has 0 radical (unpaired) electrons. The molecule has 98 valence electrons. The molecule has 0 unspecified atom stereocenters. The SMILES string of the molecule is CCCCC/C=C\C/C=C/CCC(=O)OCC. The highest BCUT2D eigenvalue weighted by atomic mass is 16.5. The van der Waals surface area contributed by atoms with Crippen molar-refractivity contribution in [2.75, 3.05) is 6.61 Å². The second-order valence-electron chi connectivity index (χ2n) is 4.02. The van der Waals surface area contributed by atoms with Crippen molar-refractivity contribution in [3.8, 4) is 0 Å². The van der Waals surface area contributed by atoms with Crippen LogP contribution in [0.2, 0.25) is 0 Å². The van der Waals surface area contributed by atoms with Crippen LogP contribution in [0, 0.1) is 0 Å². The van der Waals surface area contributed by atoms with E-state index in [0.29, 0.717) is 13.0 Å². The van der Waals surface area contributed by atoms with E-state index < -0.39 is 0 Å². The molecule has 0 aromatic rings. The van der Waals surface area contributed by atoms with Crippen molar-refractivity contribution in [3.05, 3.63) is 24.3 Å². The Balaban J connectivity index is 3.33. The quantitative estimate of drug-likeness (QED) is 0.320. The fraction of sp³-hybridized carbons (Fsp3) is 0.667. The van der Waals surface area contributed by atoms with Crippen molar-refractivity contribution < 1.29 is 9.53 Å². The van der Waals surface area contributed by atoms with E-state index in [1.54, 1.807) is 0 Å². The Morgan fingerprint density at radius 3 is 2.35 bits per heavy atom. The van der Waals surface area contributed by atoms with Gasteiger partial charge in [0, 0.05) is 6.42 Å². The van der Waals surface area contributed by atoms with Crippen LogP contribution in [0.1, 0.15) is 58.8 Å². The predicted molar refractivity (Wildman–Crippen MR) is 72.9 cm³/mol. The van der Waals surface area contributed by atoms with Gasteiger partial charge >= 0.3 is 5.97 Å². The number of esters is 1. The van der Waals surface area contributed by atoms with Crippen LogP contribution in [0.5, 0.6) is 0 Å². The maximum atomic E-state index is 11.0. The second-order valence-corrected chi connectivity index (χ2v) is 4.02. The van der Waals surface area contributed by atoms with Crippen LogP contribution in [0.25, 0.3) is 0 Å². The molecular weight excluding hydrogens is 212 g/mol. The summed E-state index contributed by atoms with van der Waals surface area (Å²) in [6, 6.07) is 0. The summed E-state index contributed by atoms with van der Waals surface area (Å²) < 4.78 is 4.84. The molecule has 0 saturated carbocycles. The molecule has 0 fully saturated rings. The van der Waals surface area contributed by atoms with E-state index in [1.165, 1.54) is 25.7 Å². The van der Waals surface area contributed by atoms with Crippen molar-refractivity contribution in [2.24, 2.45) is 0 Å². The highest BCUT2D eigenvalue weighted by molar-refractivity contribution is 5.69. The maximum absolute atomic E-state index is 11.0. The van der Waals surface area contributed by atoms with E-state index in [9.17, 15) is 4.79 Å². The Labute approximate surface area is 106 Å². The number of carbonyl (C=O) groups excluding carboxylic acids is 1. The largest absolute Gasteiger partial charge is 0.466 e. The van der Waals surface area contributed by atoms with Crippen LogP contribution in [-0.4, -0.2) is 12.6 Å². The number of hydrogen-bond donors (Lipinski definition) is 0. The Morgan fingerprint density at radius 1 is 1.00 bits per heavy atom. The third-order valence-electron chi connectivity index (χ3n) is 2.40. The van der Waals surface area contributed by atoms with Gasteiger partial charge in [0.2, 0.25) is 0 Å². The van der Waals surface area contributed by atoms with E-state index in [0.717, 1.165) is 12.8 Å². The van der Waals surface area contributed by atoms with Gasteiger partial charge in [0.25, 0.3) is 0 Å². The lowest BCUT2D eigenvalue weighted by Gasteiger charge is -1.97. The van der Waals surface area contributed by atoms with Crippen molar-refractivity contribution in [1.82, 2.24) is 0 Å². The van der Waals surface area contributed by atoms with Crippen LogP contribution in [0.15, 0.2) is 24.3 Å². The Hall–Kier alpha value is -1.05. The third-order valence-corrected chi connectivity index (χ3v) is 2.40. The molecule has 0 heterocycles. The van der Waals surface area contributed by atoms with Gasteiger partial charge in [-0.05, 0) is 32.6 Å². The summed E-state index contributed by atoms with van der Waals surface area (Å²) in [4.78, 5) is 11.0. The first-order valence-corrected chi connectivity index (χ1v) is 6.76. The second kappa shape index (κ2) is 13.0. The first-order valence-electron chi connectivity index (χ1n) is 6.76. The summed E-state index contributed by atoms with van der Waals surface area (Å²) in [5.74, 6) is -0.104. The molecule has 0 aromatic carbocycles. The summed E-state index contributed by atoms with van der Waals surface area (Å²) in [6.07, 6.45) is 15.9. The van der Waals surface area contributed by atoms with E-state index in [-0.39, 0.29) is 5.97 Å². The first-order chi connectivity index (χ1) is 8.31. The molecule has 0 N–H and O–H groups in total. The van der Waals surface area contributed by atoms with Gasteiger partial charge in [-0.25, -0.2) is 0 Å². The van der Waals surface area contributed by atoms with E-state index in [4.69, 9.17) is 4.74 Å². The molecule has 17 heavy (non-hydrogen) atoms. The monoisotopic (exact) mass is 238 g/mol. The van der Waals surface area contributed by atoms with Crippen LogP contribution in [-0.2, 0) is 9.53 Å². The van der Waals surface area contributed by atoms with E-state index in [2.05, 4.69) is 25.2 Å². The summed E-state index contributed by atoms with van der Waals surface area (Å²) in [7, 11) is 0.